The van der Waals surface area contributed by atoms with Crippen molar-refractivity contribution < 1.29 is 62.5 Å². The minimum atomic E-state index is -5.31. The van der Waals surface area contributed by atoms with Crippen molar-refractivity contribution in [2.75, 3.05) is 13.7 Å². The summed E-state index contributed by atoms with van der Waals surface area (Å²) >= 11 is 0. The predicted octanol–water partition coefficient (Wildman–Crippen LogP) is -2.97. The van der Waals surface area contributed by atoms with Crippen LogP contribution in [0.4, 0.5) is 0 Å². The Labute approximate surface area is 129 Å². The molecule has 1 rings (SSSR count). The van der Waals surface area contributed by atoms with Crippen LogP contribution in [0.3, 0.4) is 0 Å². The highest BCUT2D eigenvalue weighted by molar-refractivity contribution is 7.61. The Morgan fingerprint density at radius 3 is 2.13 bits per heavy atom. The van der Waals surface area contributed by atoms with Gasteiger partial charge in [-0.2, -0.15) is 4.31 Å². The molecule has 0 bridgehead atoms. The predicted molar refractivity (Wildman–Crippen MR) is 68.6 cm³/mol. The Balaban J connectivity index is 2.96. The average molecular weight is 384 g/mol. The summed E-state index contributed by atoms with van der Waals surface area (Å²) in [6, 6.07) is 0. The van der Waals surface area contributed by atoms with Crippen LogP contribution >= 0.6 is 15.6 Å². The highest BCUT2D eigenvalue weighted by atomic mass is 31.3. The average Bonchev–Trinajstić information content (AvgIpc) is 2.45. The van der Waals surface area contributed by atoms with E-state index in [4.69, 9.17) is 19.6 Å². The molecule has 1 aliphatic rings. The Bertz CT molecular complexity index is 479. The van der Waals surface area contributed by atoms with Crippen molar-refractivity contribution in [3.8, 4) is 0 Å². The molecular weight excluding hydrogens is 366 g/mol. The summed E-state index contributed by atoms with van der Waals surface area (Å²) < 4.78 is 40.2. The maximum Gasteiger partial charge on any atom is 0.485 e. The first-order valence-corrected chi connectivity index (χ1v) is 9.03. The molecule has 0 amide bonds. The summed E-state index contributed by atoms with van der Waals surface area (Å²) in [7, 11) is -9.52. The SMILES string of the molecule is COP(=O)(O[C@@H]1O[C@H]([C@H](O)CO)[C@@H](O)[C@H](O)[C@@H]1O)OP(=O)(O)O. The lowest BCUT2D eigenvalue weighted by atomic mass is 9.96. The van der Waals surface area contributed by atoms with Gasteiger partial charge in [-0.05, 0) is 0 Å². The zero-order chi connectivity index (χ0) is 18.0. The molecule has 1 fully saturated rings. The fourth-order valence-corrected chi connectivity index (χ4v) is 3.71. The van der Waals surface area contributed by atoms with E-state index >= 15 is 0 Å². The quantitative estimate of drug-likeness (QED) is 0.219. The van der Waals surface area contributed by atoms with Crippen LogP contribution in [0.25, 0.3) is 0 Å². The van der Waals surface area contributed by atoms with Crippen LogP contribution in [0.2, 0.25) is 0 Å². The van der Waals surface area contributed by atoms with Crippen molar-refractivity contribution >= 4 is 15.6 Å². The lowest BCUT2D eigenvalue weighted by molar-refractivity contribution is -0.293. The van der Waals surface area contributed by atoms with E-state index < -0.39 is 59.1 Å². The molecule has 7 atom stereocenters. The normalized spacial score (nSPS) is 36.4. The second-order valence-corrected chi connectivity index (χ2v) is 7.60. The molecule has 0 aromatic rings. The van der Waals surface area contributed by atoms with Gasteiger partial charge in [0.1, 0.15) is 30.5 Å². The Kier molecular flexibility index (Phi) is 7.27. The fourth-order valence-electron chi connectivity index (χ4n) is 1.74. The van der Waals surface area contributed by atoms with Crippen LogP contribution in [0.1, 0.15) is 0 Å². The molecule has 7 N–H and O–H groups in total. The van der Waals surface area contributed by atoms with Gasteiger partial charge in [-0.1, -0.05) is 0 Å². The lowest BCUT2D eigenvalue weighted by Crippen LogP contribution is -2.61. The fraction of sp³-hybridized carbons (Fsp3) is 1.00. The smallest absolute Gasteiger partial charge is 0.394 e. The molecule has 138 valence electrons. The molecule has 1 aliphatic heterocycles. The molecule has 1 saturated heterocycles. The molecule has 0 aromatic heterocycles. The van der Waals surface area contributed by atoms with Crippen LogP contribution in [-0.4, -0.2) is 85.8 Å². The minimum absolute atomic E-state index is 0.719. The van der Waals surface area contributed by atoms with E-state index in [9.17, 15) is 29.6 Å². The second kappa shape index (κ2) is 7.93. The third-order valence-electron chi connectivity index (χ3n) is 2.84. The van der Waals surface area contributed by atoms with E-state index in [1.165, 1.54) is 0 Å². The summed E-state index contributed by atoms with van der Waals surface area (Å²) in [5.41, 5.74) is 0. The van der Waals surface area contributed by atoms with Crippen LogP contribution in [0.15, 0.2) is 0 Å². The zero-order valence-corrected chi connectivity index (χ0v) is 13.4. The van der Waals surface area contributed by atoms with Gasteiger partial charge in [0.25, 0.3) is 0 Å². The van der Waals surface area contributed by atoms with Crippen LogP contribution in [0, 0.1) is 0 Å². The summed E-state index contributed by atoms with van der Waals surface area (Å²) in [6.07, 6.45) is -11.3. The largest absolute Gasteiger partial charge is 0.485 e. The molecule has 15 heteroatoms. The van der Waals surface area contributed by atoms with Crippen LogP contribution in [0.5, 0.6) is 0 Å². The van der Waals surface area contributed by atoms with E-state index in [0.29, 0.717) is 0 Å². The van der Waals surface area contributed by atoms with E-state index in [1.807, 2.05) is 0 Å². The van der Waals surface area contributed by atoms with Gasteiger partial charge in [0, 0.05) is 7.11 Å². The maximum absolute atomic E-state index is 11.9. The first-order valence-electron chi connectivity index (χ1n) is 6.03. The Morgan fingerprint density at radius 1 is 1.13 bits per heavy atom. The first-order chi connectivity index (χ1) is 10.4. The van der Waals surface area contributed by atoms with Crippen LogP contribution < -0.4 is 0 Å². The van der Waals surface area contributed by atoms with Gasteiger partial charge in [-0.25, -0.2) is 9.13 Å². The highest BCUT2D eigenvalue weighted by Crippen LogP contribution is 2.61. The van der Waals surface area contributed by atoms with Crippen molar-refractivity contribution in [1.82, 2.24) is 0 Å². The van der Waals surface area contributed by atoms with Crippen molar-refractivity contribution in [1.29, 1.82) is 0 Å². The molecule has 1 unspecified atom stereocenters. The molecule has 13 nitrogen and oxygen atoms in total. The summed E-state index contributed by atoms with van der Waals surface area (Å²) in [4.78, 5) is 17.3. The molecule has 1 heterocycles. The van der Waals surface area contributed by atoms with Gasteiger partial charge in [-0.15, -0.1) is 0 Å². The van der Waals surface area contributed by atoms with Gasteiger partial charge in [-0.3, -0.25) is 9.05 Å². The molecule has 0 spiro atoms. The molecule has 0 aliphatic carbocycles. The third-order valence-corrected chi connectivity index (χ3v) is 5.40. The number of phosphoric ester groups is 1. The number of aliphatic hydroxyl groups is 5. The summed E-state index contributed by atoms with van der Waals surface area (Å²) in [5.74, 6) is 0. The topological polar surface area (TPSA) is 213 Å². The standard InChI is InChI=1S/C8H18O13P2/c1-18-23(17,21-22(14,15)16)20-8-6(13)4(11)5(12)7(19-8)3(10)2-9/h3-13H,2H2,1H3,(H2,14,15,16)/t3-,4+,5+,6+,7-,8+,23?/m1/s1. The van der Waals surface area contributed by atoms with E-state index in [1.54, 1.807) is 0 Å². The monoisotopic (exact) mass is 384 g/mol. The van der Waals surface area contributed by atoms with Gasteiger partial charge < -0.3 is 40.1 Å². The van der Waals surface area contributed by atoms with Crippen molar-refractivity contribution in [2.24, 2.45) is 0 Å². The van der Waals surface area contributed by atoms with E-state index in [0.717, 1.165) is 7.11 Å². The van der Waals surface area contributed by atoms with Gasteiger partial charge >= 0.3 is 15.6 Å². The van der Waals surface area contributed by atoms with Gasteiger partial charge in [0.05, 0.1) is 6.61 Å². The number of rotatable bonds is 7. The van der Waals surface area contributed by atoms with Gasteiger partial charge in [0.15, 0.2) is 6.29 Å². The van der Waals surface area contributed by atoms with Crippen molar-refractivity contribution in [2.45, 2.75) is 36.8 Å². The van der Waals surface area contributed by atoms with Crippen LogP contribution in [-0.2, 0) is 27.2 Å². The number of aliphatic hydroxyl groups excluding tert-OH is 5. The number of ether oxygens (including phenoxy) is 1. The third kappa shape index (κ3) is 5.51. The lowest BCUT2D eigenvalue weighted by Gasteiger charge is -2.41. The Hall–Kier alpha value is 0.0200. The summed E-state index contributed by atoms with van der Waals surface area (Å²) in [6.45, 7) is -0.891. The zero-order valence-electron chi connectivity index (χ0n) is 11.6. The maximum atomic E-state index is 11.9. The molecule has 23 heavy (non-hydrogen) atoms. The molecular formula is C8H18O13P2. The van der Waals surface area contributed by atoms with Crippen molar-refractivity contribution in [3.63, 3.8) is 0 Å². The Morgan fingerprint density at radius 2 is 1.70 bits per heavy atom. The van der Waals surface area contributed by atoms with Crippen molar-refractivity contribution in [3.05, 3.63) is 0 Å². The highest BCUT2D eigenvalue weighted by Gasteiger charge is 2.50. The first kappa shape index (κ1) is 21.1. The number of hydrogen-bond acceptors (Lipinski definition) is 11. The minimum Gasteiger partial charge on any atom is -0.394 e. The number of hydrogen-bond donors (Lipinski definition) is 7. The molecule has 0 aromatic carbocycles. The molecule has 0 radical (unpaired) electrons. The number of phosphoric acid groups is 2. The second-order valence-electron chi connectivity index (χ2n) is 4.50. The van der Waals surface area contributed by atoms with E-state index in [2.05, 4.69) is 13.4 Å². The summed E-state index contributed by atoms with van der Waals surface area (Å²) in [5, 5.41) is 47.3. The molecule has 0 saturated carbocycles. The van der Waals surface area contributed by atoms with Gasteiger partial charge in [0.2, 0.25) is 0 Å². The van der Waals surface area contributed by atoms with E-state index in [-0.39, 0.29) is 0 Å².